The fourth-order valence-corrected chi connectivity index (χ4v) is 1.77. The maximum absolute atomic E-state index is 11.4. The third-order valence-electron chi connectivity index (χ3n) is 2.25. The molecular formula is C11H21NO3S. The van der Waals surface area contributed by atoms with E-state index in [4.69, 9.17) is 5.11 Å². The summed E-state index contributed by atoms with van der Waals surface area (Å²) in [7, 11) is 0. The third-order valence-corrected chi connectivity index (χ3v) is 2.90. The van der Waals surface area contributed by atoms with Gasteiger partial charge in [-0.1, -0.05) is 19.8 Å². The molecule has 0 saturated heterocycles. The summed E-state index contributed by atoms with van der Waals surface area (Å²) in [6, 6.07) is -0.735. The highest BCUT2D eigenvalue weighted by Gasteiger charge is 2.18. The van der Waals surface area contributed by atoms with Crippen LogP contribution in [0.2, 0.25) is 0 Å². The van der Waals surface area contributed by atoms with E-state index < -0.39 is 12.0 Å². The van der Waals surface area contributed by atoms with E-state index in [9.17, 15) is 9.59 Å². The molecule has 1 atom stereocenters. The molecule has 0 aromatic rings. The predicted octanol–water partition coefficient (Wildman–Crippen LogP) is 1.89. The number of aliphatic carboxylic acids is 1. The highest BCUT2D eigenvalue weighted by atomic mass is 32.2. The number of nitrogens with one attached hydrogen (secondary N) is 1. The summed E-state index contributed by atoms with van der Waals surface area (Å²) < 4.78 is 0. The molecule has 0 aliphatic heterocycles. The molecule has 0 spiro atoms. The summed E-state index contributed by atoms with van der Waals surface area (Å²) >= 11 is 1.58. The standard InChI is InChI=1S/C11H21NO3S/c1-3-4-5-6-10(13)12-9(11(14)15)7-8-16-2/h9H,3-8H2,1-2H3,(H,12,13)(H,14,15). The molecule has 0 bridgehead atoms. The number of thioether (sulfide) groups is 1. The Morgan fingerprint density at radius 3 is 2.56 bits per heavy atom. The zero-order chi connectivity index (χ0) is 12.4. The monoisotopic (exact) mass is 247 g/mol. The molecule has 16 heavy (non-hydrogen) atoms. The van der Waals surface area contributed by atoms with Crippen molar-refractivity contribution < 1.29 is 14.7 Å². The number of hydrogen-bond donors (Lipinski definition) is 2. The van der Waals surface area contributed by atoms with Crippen LogP contribution in [0.25, 0.3) is 0 Å². The number of hydrogen-bond acceptors (Lipinski definition) is 3. The van der Waals surface area contributed by atoms with Gasteiger partial charge >= 0.3 is 5.97 Å². The van der Waals surface area contributed by atoms with E-state index in [-0.39, 0.29) is 5.91 Å². The quantitative estimate of drug-likeness (QED) is 0.611. The fraction of sp³-hybridized carbons (Fsp3) is 0.818. The summed E-state index contributed by atoms with van der Waals surface area (Å²) in [5, 5.41) is 11.5. The van der Waals surface area contributed by atoms with Gasteiger partial charge in [0.25, 0.3) is 0 Å². The highest BCUT2D eigenvalue weighted by molar-refractivity contribution is 7.98. The number of carboxylic acids is 1. The van der Waals surface area contributed by atoms with Crippen LogP contribution in [0.3, 0.4) is 0 Å². The third kappa shape index (κ3) is 7.56. The van der Waals surface area contributed by atoms with Crippen LogP contribution in [0.5, 0.6) is 0 Å². The lowest BCUT2D eigenvalue weighted by Crippen LogP contribution is -2.41. The van der Waals surface area contributed by atoms with Gasteiger partial charge in [-0.3, -0.25) is 4.79 Å². The maximum Gasteiger partial charge on any atom is 0.326 e. The van der Waals surface area contributed by atoms with E-state index in [1.54, 1.807) is 11.8 Å². The molecule has 0 radical (unpaired) electrons. The molecule has 1 amide bonds. The smallest absolute Gasteiger partial charge is 0.326 e. The number of unbranched alkanes of at least 4 members (excludes halogenated alkanes) is 2. The van der Waals surface area contributed by atoms with Crippen LogP contribution in [0, 0.1) is 0 Å². The summed E-state index contributed by atoms with van der Waals surface area (Å²) in [4.78, 5) is 22.3. The number of rotatable bonds is 9. The van der Waals surface area contributed by atoms with E-state index >= 15 is 0 Å². The van der Waals surface area contributed by atoms with Gasteiger partial charge in [-0.25, -0.2) is 4.79 Å². The van der Waals surface area contributed by atoms with Crippen molar-refractivity contribution in [2.75, 3.05) is 12.0 Å². The van der Waals surface area contributed by atoms with Gasteiger partial charge in [0, 0.05) is 6.42 Å². The minimum Gasteiger partial charge on any atom is -0.480 e. The Balaban J connectivity index is 3.88. The second kappa shape index (κ2) is 9.51. The Bertz CT molecular complexity index is 221. The number of carbonyl (C=O) groups is 2. The minimum absolute atomic E-state index is 0.151. The molecule has 4 nitrogen and oxygen atoms in total. The lowest BCUT2D eigenvalue weighted by Gasteiger charge is -2.13. The molecule has 0 saturated carbocycles. The lowest BCUT2D eigenvalue weighted by atomic mass is 10.1. The first kappa shape index (κ1) is 15.3. The Kier molecular flexibility index (Phi) is 9.09. The molecule has 0 fully saturated rings. The van der Waals surface area contributed by atoms with Crippen molar-refractivity contribution in [3.05, 3.63) is 0 Å². The van der Waals surface area contributed by atoms with Crippen molar-refractivity contribution in [2.45, 2.75) is 45.1 Å². The normalized spacial score (nSPS) is 12.1. The van der Waals surface area contributed by atoms with Gasteiger partial charge in [0.15, 0.2) is 0 Å². The first-order valence-corrected chi connectivity index (χ1v) is 7.02. The molecule has 0 aromatic carbocycles. The van der Waals surface area contributed by atoms with Crippen LogP contribution in [0.4, 0.5) is 0 Å². The molecule has 0 rings (SSSR count). The van der Waals surface area contributed by atoms with Crippen LogP contribution in [0.15, 0.2) is 0 Å². The first-order chi connectivity index (χ1) is 7.61. The molecular weight excluding hydrogens is 226 g/mol. The van der Waals surface area contributed by atoms with Gasteiger partial charge in [0.05, 0.1) is 0 Å². The second-order valence-electron chi connectivity index (χ2n) is 3.70. The van der Waals surface area contributed by atoms with Gasteiger partial charge in [-0.2, -0.15) is 11.8 Å². The van der Waals surface area contributed by atoms with E-state index in [2.05, 4.69) is 12.2 Å². The van der Waals surface area contributed by atoms with Crippen LogP contribution in [-0.4, -0.2) is 35.0 Å². The SMILES string of the molecule is CCCCCC(=O)NC(CCSC)C(=O)O. The Morgan fingerprint density at radius 2 is 2.06 bits per heavy atom. The summed E-state index contributed by atoms with van der Waals surface area (Å²) in [5.41, 5.74) is 0. The van der Waals surface area contributed by atoms with Crippen molar-refractivity contribution in [2.24, 2.45) is 0 Å². The van der Waals surface area contributed by atoms with Gasteiger partial charge < -0.3 is 10.4 Å². The topological polar surface area (TPSA) is 66.4 Å². The zero-order valence-electron chi connectivity index (χ0n) is 9.99. The first-order valence-electron chi connectivity index (χ1n) is 5.63. The lowest BCUT2D eigenvalue weighted by molar-refractivity contribution is -0.141. The van der Waals surface area contributed by atoms with E-state index in [0.29, 0.717) is 12.8 Å². The molecule has 1 unspecified atom stereocenters. The van der Waals surface area contributed by atoms with E-state index in [0.717, 1.165) is 25.0 Å². The largest absolute Gasteiger partial charge is 0.480 e. The van der Waals surface area contributed by atoms with Gasteiger partial charge in [0.1, 0.15) is 6.04 Å². The van der Waals surface area contributed by atoms with Crippen LogP contribution in [0.1, 0.15) is 39.0 Å². The number of carbonyl (C=O) groups excluding carboxylic acids is 1. The second-order valence-corrected chi connectivity index (χ2v) is 4.68. The maximum atomic E-state index is 11.4. The summed E-state index contributed by atoms with van der Waals surface area (Å²) in [5.74, 6) is -0.355. The fourth-order valence-electron chi connectivity index (χ4n) is 1.30. The van der Waals surface area contributed by atoms with Crippen molar-refractivity contribution >= 4 is 23.6 Å². The number of carboxylic acid groups (broad SMARTS) is 1. The van der Waals surface area contributed by atoms with Gasteiger partial charge in [0.2, 0.25) is 5.91 Å². The Hall–Kier alpha value is -0.710. The van der Waals surface area contributed by atoms with Crippen molar-refractivity contribution in [1.29, 1.82) is 0 Å². The molecule has 0 heterocycles. The Morgan fingerprint density at radius 1 is 1.38 bits per heavy atom. The van der Waals surface area contributed by atoms with Crippen molar-refractivity contribution in [3.63, 3.8) is 0 Å². The van der Waals surface area contributed by atoms with Crippen molar-refractivity contribution in [3.8, 4) is 0 Å². The van der Waals surface area contributed by atoms with Crippen molar-refractivity contribution in [1.82, 2.24) is 5.32 Å². The average Bonchev–Trinajstić information content (AvgIpc) is 2.24. The molecule has 0 aromatic heterocycles. The molecule has 94 valence electrons. The molecule has 2 N–H and O–H groups in total. The average molecular weight is 247 g/mol. The minimum atomic E-state index is -0.946. The van der Waals surface area contributed by atoms with Gasteiger partial charge in [-0.05, 0) is 24.9 Å². The Labute approximate surface area is 101 Å². The summed E-state index contributed by atoms with van der Waals surface area (Å²) in [6.45, 7) is 2.07. The van der Waals surface area contributed by atoms with E-state index in [1.165, 1.54) is 0 Å². The highest BCUT2D eigenvalue weighted by Crippen LogP contribution is 2.03. The summed E-state index contributed by atoms with van der Waals surface area (Å²) in [6.07, 6.45) is 5.73. The van der Waals surface area contributed by atoms with Crippen LogP contribution in [-0.2, 0) is 9.59 Å². The van der Waals surface area contributed by atoms with Crippen LogP contribution < -0.4 is 5.32 Å². The number of amides is 1. The predicted molar refractivity (Wildman–Crippen MR) is 66.7 cm³/mol. The van der Waals surface area contributed by atoms with Crippen LogP contribution >= 0.6 is 11.8 Å². The molecule has 0 aliphatic carbocycles. The van der Waals surface area contributed by atoms with E-state index in [1.807, 2.05) is 6.26 Å². The van der Waals surface area contributed by atoms with Gasteiger partial charge in [-0.15, -0.1) is 0 Å². The zero-order valence-corrected chi connectivity index (χ0v) is 10.8. The molecule has 5 heteroatoms. The molecule has 0 aliphatic rings.